The molecule has 6 rings (SSSR count). The number of piperidine rings is 1. The third-order valence-electron chi connectivity index (χ3n) is 7.30. The average molecular weight is 442 g/mol. The van der Waals surface area contributed by atoms with Crippen molar-refractivity contribution in [3.8, 4) is 11.1 Å². The smallest absolute Gasteiger partial charge is 0.410 e. The van der Waals surface area contributed by atoms with Gasteiger partial charge in [0.2, 0.25) is 0 Å². The second-order valence-corrected chi connectivity index (χ2v) is 9.44. The van der Waals surface area contributed by atoms with Crippen LogP contribution < -0.4 is 0 Å². The molecular weight excluding hydrogens is 414 g/mol. The molecule has 2 saturated heterocycles. The van der Waals surface area contributed by atoms with Crippen LogP contribution in [-0.4, -0.2) is 41.4 Å². The van der Waals surface area contributed by atoms with Crippen molar-refractivity contribution in [2.24, 2.45) is 0 Å². The molecule has 2 fully saturated rings. The topological polar surface area (TPSA) is 59.0 Å². The molecule has 2 unspecified atom stereocenters. The maximum absolute atomic E-state index is 13.0. The molecular formula is C28H27NO4. The lowest BCUT2D eigenvalue weighted by molar-refractivity contribution is -0.136. The highest BCUT2D eigenvalue weighted by Gasteiger charge is 2.49. The standard InChI is InChI=1S/C28H27NO4/c30-27(33-16-19-6-2-1-3-7-19)29-23-14-28(31,15-24(29)18-32-17-23)22-10-11-26-21(13-22)12-20-8-4-5-9-25(20)26/h1-11,13,23-24,31H,12,14-18H2. The van der Waals surface area contributed by atoms with Crippen LogP contribution >= 0.6 is 0 Å². The molecule has 5 nitrogen and oxygen atoms in total. The molecule has 0 saturated carbocycles. The van der Waals surface area contributed by atoms with E-state index in [1.165, 1.54) is 22.3 Å². The van der Waals surface area contributed by atoms with Gasteiger partial charge in [0, 0.05) is 12.8 Å². The number of ether oxygens (including phenoxy) is 2. The Morgan fingerprint density at radius 2 is 1.64 bits per heavy atom. The molecule has 3 aliphatic rings. The van der Waals surface area contributed by atoms with Crippen LogP contribution in [0.25, 0.3) is 11.1 Å². The van der Waals surface area contributed by atoms with E-state index in [2.05, 4.69) is 42.5 Å². The highest BCUT2D eigenvalue weighted by atomic mass is 16.6. The van der Waals surface area contributed by atoms with Crippen molar-refractivity contribution in [1.29, 1.82) is 0 Å². The predicted octanol–water partition coefficient (Wildman–Crippen LogP) is 4.65. The van der Waals surface area contributed by atoms with Gasteiger partial charge in [0.05, 0.1) is 30.9 Å². The maximum atomic E-state index is 13.0. The first kappa shape index (κ1) is 20.5. The van der Waals surface area contributed by atoms with E-state index in [0.717, 1.165) is 17.5 Å². The number of morpholine rings is 1. The number of amides is 1. The lowest BCUT2D eigenvalue weighted by atomic mass is 9.76. The van der Waals surface area contributed by atoms with Crippen molar-refractivity contribution < 1.29 is 19.4 Å². The van der Waals surface area contributed by atoms with Crippen LogP contribution in [0.4, 0.5) is 4.79 Å². The molecule has 1 amide bonds. The lowest BCUT2D eigenvalue weighted by Crippen LogP contribution is -2.62. The van der Waals surface area contributed by atoms with E-state index < -0.39 is 5.60 Å². The summed E-state index contributed by atoms with van der Waals surface area (Å²) >= 11 is 0. The summed E-state index contributed by atoms with van der Waals surface area (Å²) in [5, 5.41) is 11.8. The summed E-state index contributed by atoms with van der Waals surface area (Å²) in [6, 6.07) is 24.1. The second kappa shape index (κ2) is 8.01. The number of rotatable bonds is 3. The molecule has 2 heterocycles. The van der Waals surface area contributed by atoms with Gasteiger partial charge in [-0.2, -0.15) is 0 Å². The molecule has 2 bridgehead atoms. The van der Waals surface area contributed by atoms with E-state index in [-0.39, 0.29) is 24.8 Å². The van der Waals surface area contributed by atoms with Gasteiger partial charge in [0.1, 0.15) is 6.61 Å². The first-order valence-corrected chi connectivity index (χ1v) is 11.6. The average Bonchev–Trinajstić information content (AvgIpc) is 3.21. The zero-order valence-corrected chi connectivity index (χ0v) is 18.4. The lowest BCUT2D eigenvalue weighted by Gasteiger charge is -2.51. The van der Waals surface area contributed by atoms with Gasteiger partial charge < -0.3 is 14.6 Å². The highest BCUT2D eigenvalue weighted by Crippen LogP contribution is 2.44. The van der Waals surface area contributed by atoms with Crippen molar-refractivity contribution in [3.05, 3.63) is 95.1 Å². The van der Waals surface area contributed by atoms with Gasteiger partial charge in [-0.1, -0.05) is 72.8 Å². The Morgan fingerprint density at radius 3 is 2.42 bits per heavy atom. The molecule has 168 valence electrons. The zero-order chi connectivity index (χ0) is 22.4. The Morgan fingerprint density at radius 1 is 0.939 bits per heavy atom. The minimum absolute atomic E-state index is 0.212. The van der Waals surface area contributed by atoms with Gasteiger partial charge in [-0.15, -0.1) is 0 Å². The molecule has 0 radical (unpaired) electrons. The Hall–Kier alpha value is -3.15. The second-order valence-electron chi connectivity index (χ2n) is 9.44. The van der Waals surface area contributed by atoms with Gasteiger partial charge in [-0.05, 0) is 39.8 Å². The number of nitrogens with zero attached hydrogens (tertiary/aromatic N) is 1. The first-order chi connectivity index (χ1) is 16.1. The number of aliphatic hydroxyl groups is 1. The van der Waals surface area contributed by atoms with Gasteiger partial charge in [-0.3, -0.25) is 4.90 Å². The fourth-order valence-electron chi connectivity index (χ4n) is 5.74. The van der Waals surface area contributed by atoms with E-state index in [9.17, 15) is 9.90 Å². The van der Waals surface area contributed by atoms with Crippen molar-refractivity contribution >= 4 is 6.09 Å². The van der Waals surface area contributed by atoms with E-state index in [0.29, 0.717) is 26.1 Å². The molecule has 1 N–H and O–H groups in total. The summed E-state index contributed by atoms with van der Waals surface area (Å²) in [6.07, 6.45) is 1.44. The van der Waals surface area contributed by atoms with Crippen molar-refractivity contribution in [2.45, 2.75) is 43.6 Å². The largest absolute Gasteiger partial charge is 0.445 e. The van der Waals surface area contributed by atoms with Crippen LogP contribution in [0.15, 0.2) is 72.8 Å². The fraction of sp³-hybridized carbons (Fsp3) is 0.321. The van der Waals surface area contributed by atoms with E-state index in [4.69, 9.17) is 9.47 Å². The van der Waals surface area contributed by atoms with Gasteiger partial charge in [0.25, 0.3) is 0 Å². The predicted molar refractivity (Wildman–Crippen MR) is 125 cm³/mol. The summed E-state index contributed by atoms with van der Waals surface area (Å²) in [7, 11) is 0. The molecule has 5 heteroatoms. The van der Waals surface area contributed by atoms with Crippen molar-refractivity contribution in [1.82, 2.24) is 4.90 Å². The van der Waals surface area contributed by atoms with Crippen LogP contribution in [0.5, 0.6) is 0 Å². The molecule has 2 atom stereocenters. The van der Waals surface area contributed by atoms with Gasteiger partial charge in [-0.25, -0.2) is 4.79 Å². The summed E-state index contributed by atoms with van der Waals surface area (Å²) in [4.78, 5) is 14.8. The summed E-state index contributed by atoms with van der Waals surface area (Å²) < 4.78 is 11.4. The van der Waals surface area contributed by atoms with Gasteiger partial charge in [0.15, 0.2) is 0 Å². The van der Waals surface area contributed by atoms with Gasteiger partial charge >= 0.3 is 6.09 Å². The zero-order valence-electron chi connectivity index (χ0n) is 18.4. The molecule has 3 aromatic rings. The third kappa shape index (κ3) is 3.62. The fourth-order valence-corrected chi connectivity index (χ4v) is 5.74. The number of carbonyl (C=O) groups is 1. The number of carbonyl (C=O) groups excluding carboxylic acids is 1. The quantitative estimate of drug-likeness (QED) is 0.503. The third-order valence-corrected chi connectivity index (χ3v) is 7.30. The summed E-state index contributed by atoms with van der Waals surface area (Å²) in [5.41, 5.74) is 6.03. The van der Waals surface area contributed by atoms with Crippen LogP contribution in [-0.2, 0) is 28.1 Å². The van der Waals surface area contributed by atoms with E-state index in [1.807, 2.05) is 30.3 Å². The Bertz CT molecular complexity index is 1180. The van der Waals surface area contributed by atoms with Crippen molar-refractivity contribution in [2.75, 3.05) is 13.2 Å². The summed E-state index contributed by atoms with van der Waals surface area (Å²) in [6.45, 7) is 1.07. The van der Waals surface area contributed by atoms with Crippen LogP contribution in [0.1, 0.15) is 35.1 Å². The SMILES string of the molecule is O=C(OCc1ccccc1)N1C2COCC1CC(O)(c1ccc3c(c1)Cc1ccccc1-3)C2. The highest BCUT2D eigenvalue weighted by molar-refractivity contribution is 5.77. The normalized spacial score (nSPS) is 25.3. The maximum Gasteiger partial charge on any atom is 0.410 e. The summed E-state index contributed by atoms with van der Waals surface area (Å²) in [5.74, 6) is 0. The molecule has 33 heavy (non-hydrogen) atoms. The molecule has 0 aromatic heterocycles. The Kier molecular flexibility index (Phi) is 4.97. The Balaban J connectivity index is 1.21. The number of fused-ring (bicyclic) bond motifs is 5. The van der Waals surface area contributed by atoms with Crippen LogP contribution in [0.2, 0.25) is 0 Å². The minimum atomic E-state index is -0.987. The van der Waals surface area contributed by atoms with Crippen LogP contribution in [0, 0.1) is 0 Å². The Labute approximate surface area is 193 Å². The number of hydrogen-bond donors (Lipinski definition) is 1. The molecule has 3 aromatic carbocycles. The monoisotopic (exact) mass is 441 g/mol. The van der Waals surface area contributed by atoms with E-state index >= 15 is 0 Å². The molecule has 2 aliphatic heterocycles. The minimum Gasteiger partial charge on any atom is -0.445 e. The molecule has 1 aliphatic carbocycles. The first-order valence-electron chi connectivity index (χ1n) is 11.6. The van der Waals surface area contributed by atoms with E-state index in [1.54, 1.807) is 4.90 Å². The number of hydrogen-bond acceptors (Lipinski definition) is 4. The number of benzene rings is 3. The molecule has 0 spiro atoms. The van der Waals surface area contributed by atoms with Crippen molar-refractivity contribution in [3.63, 3.8) is 0 Å². The van der Waals surface area contributed by atoms with Crippen LogP contribution in [0.3, 0.4) is 0 Å².